The zero-order chi connectivity index (χ0) is 17.2. The van der Waals surface area contributed by atoms with Crippen molar-refractivity contribution < 1.29 is 0 Å². The first-order valence-electron chi connectivity index (χ1n) is 9.06. The van der Waals surface area contributed by atoms with Gasteiger partial charge in [-0.25, -0.2) is 15.0 Å². The minimum Gasteiger partial charge on any atom is -0.345 e. The maximum Gasteiger partial charge on any atom is 0.133 e. The third-order valence-electron chi connectivity index (χ3n) is 4.53. The highest BCUT2D eigenvalue weighted by Crippen LogP contribution is 2.23. The fraction of sp³-hybridized carbons (Fsp3) is 0.632. The highest BCUT2D eigenvalue weighted by atomic mass is 15.1. The van der Waals surface area contributed by atoms with Gasteiger partial charge >= 0.3 is 0 Å². The zero-order valence-electron chi connectivity index (χ0n) is 15.4. The molecule has 1 aliphatic rings. The second-order valence-corrected chi connectivity index (χ2v) is 7.83. The van der Waals surface area contributed by atoms with Crippen LogP contribution in [0.5, 0.6) is 0 Å². The van der Waals surface area contributed by atoms with Gasteiger partial charge in [0.2, 0.25) is 0 Å². The number of imidazole rings is 1. The molecule has 3 rings (SSSR count). The monoisotopic (exact) mass is 327 g/mol. The van der Waals surface area contributed by atoms with Gasteiger partial charge in [-0.15, -0.1) is 0 Å². The number of aryl methyl sites for hydroxylation is 1. The average Bonchev–Trinajstić information content (AvgIpc) is 2.99. The lowest BCUT2D eigenvalue weighted by atomic mass is 9.95. The van der Waals surface area contributed by atoms with E-state index in [1.165, 1.54) is 29.8 Å². The van der Waals surface area contributed by atoms with Gasteiger partial charge in [-0.2, -0.15) is 0 Å². The van der Waals surface area contributed by atoms with Gasteiger partial charge in [-0.3, -0.25) is 4.90 Å². The molecule has 2 aromatic heterocycles. The summed E-state index contributed by atoms with van der Waals surface area (Å²) in [6.07, 6.45) is 8.45. The Balaban J connectivity index is 1.64. The van der Waals surface area contributed by atoms with Crippen LogP contribution in [0.1, 0.15) is 69.1 Å². The van der Waals surface area contributed by atoms with Crippen molar-refractivity contribution in [2.75, 3.05) is 6.54 Å². The first kappa shape index (κ1) is 17.1. The van der Waals surface area contributed by atoms with E-state index in [4.69, 9.17) is 4.98 Å². The van der Waals surface area contributed by atoms with Gasteiger partial charge in [-0.05, 0) is 6.42 Å². The number of rotatable bonds is 5. The van der Waals surface area contributed by atoms with Crippen LogP contribution in [0.3, 0.4) is 0 Å². The van der Waals surface area contributed by atoms with Crippen molar-refractivity contribution in [1.82, 2.24) is 24.8 Å². The maximum absolute atomic E-state index is 4.81. The molecule has 2 aromatic rings. The summed E-state index contributed by atoms with van der Waals surface area (Å²) < 4.78 is 0. The zero-order valence-corrected chi connectivity index (χ0v) is 15.4. The normalized spacial score (nSPS) is 15.5. The molecular formula is C19H29N5. The SMILES string of the molecule is CCCCc1ncc(CN2CCc3nc(C(C)(C)C)ncc3C2)[nH]1. The van der Waals surface area contributed by atoms with E-state index < -0.39 is 0 Å². The lowest BCUT2D eigenvalue weighted by molar-refractivity contribution is 0.239. The van der Waals surface area contributed by atoms with Crippen LogP contribution in [0.4, 0.5) is 0 Å². The lowest BCUT2D eigenvalue weighted by Crippen LogP contribution is -2.32. The van der Waals surface area contributed by atoms with Crippen molar-refractivity contribution in [3.05, 3.63) is 41.0 Å². The van der Waals surface area contributed by atoms with Gasteiger partial charge in [0.1, 0.15) is 11.6 Å². The molecule has 0 aromatic carbocycles. The van der Waals surface area contributed by atoms with E-state index in [9.17, 15) is 0 Å². The molecule has 0 spiro atoms. The minimum atomic E-state index is 0.0109. The maximum atomic E-state index is 4.81. The molecule has 0 atom stereocenters. The Morgan fingerprint density at radius 3 is 2.79 bits per heavy atom. The summed E-state index contributed by atoms with van der Waals surface area (Å²) in [5, 5.41) is 0. The molecule has 0 fully saturated rings. The predicted octanol–water partition coefficient (Wildman–Crippen LogP) is 3.40. The second kappa shape index (κ2) is 7.01. The van der Waals surface area contributed by atoms with Crippen LogP contribution in [0.15, 0.2) is 12.4 Å². The minimum absolute atomic E-state index is 0.0109. The summed E-state index contributed by atoms with van der Waals surface area (Å²) in [5.74, 6) is 2.06. The first-order valence-corrected chi connectivity index (χ1v) is 9.06. The van der Waals surface area contributed by atoms with E-state index in [2.05, 4.69) is 47.5 Å². The summed E-state index contributed by atoms with van der Waals surface area (Å²) in [6.45, 7) is 11.6. The highest BCUT2D eigenvalue weighted by Gasteiger charge is 2.23. The van der Waals surface area contributed by atoms with Crippen LogP contribution in [-0.2, 0) is 31.3 Å². The van der Waals surface area contributed by atoms with E-state index in [1.54, 1.807) is 0 Å². The third kappa shape index (κ3) is 4.01. The number of H-pyrrole nitrogens is 1. The quantitative estimate of drug-likeness (QED) is 0.914. The molecule has 0 aliphatic carbocycles. The third-order valence-corrected chi connectivity index (χ3v) is 4.53. The topological polar surface area (TPSA) is 57.7 Å². The Labute approximate surface area is 144 Å². The van der Waals surface area contributed by atoms with Crippen molar-refractivity contribution >= 4 is 0 Å². The van der Waals surface area contributed by atoms with Crippen molar-refractivity contribution in [1.29, 1.82) is 0 Å². The number of nitrogens with one attached hydrogen (secondary N) is 1. The number of unbranched alkanes of at least 4 members (excludes halogenated alkanes) is 1. The van der Waals surface area contributed by atoms with Crippen molar-refractivity contribution in [3.63, 3.8) is 0 Å². The molecule has 5 heteroatoms. The first-order chi connectivity index (χ1) is 11.5. The smallest absolute Gasteiger partial charge is 0.133 e. The van der Waals surface area contributed by atoms with E-state index in [0.29, 0.717) is 0 Å². The van der Waals surface area contributed by atoms with Crippen molar-refractivity contribution in [2.24, 2.45) is 0 Å². The Morgan fingerprint density at radius 1 is 1.21 bits per heavy atom. The van der Waals surface area contributed by atoms with E-state index >= 15 is 0 Å². The van der Waals surface area contributed by atoms with Gasteiger partial charge in [0.15, 0.2) is 0 Å². The molecule has 0 saturated carbocycles. The second-order valence-electron chi connectivity index (χ2n) is 7.83. The molecule has 1 aliphatic heterocycles. The molecule has 0 unspecified atom stereocenters. The standard InChI is InChI=1S/C19H29N5/c1-5-6-7-17-20-11-15(22-17)13-24-9-8-16-14(12-24)10-21-18(23-16)19(2,3)4/h10-11H,5-9,12-13H2,1-4H3,(H,20,22). The Hall–Kier alpha value is -1.75. The molecule has 3 heterocycles. The molecule has 0 bridgehead atoms. The molecule has 0 radical (unpaired) electrons. The van der Waals surface area contributed by atoms with Crippen LogP contribution < -0.4 is 0 Å². The van der Waals surface area contributed by atoms with Gasteiger partial charge in [0, 0.05) is 67.2 Å². The molecule has 1 N–H and O–H groups in total. The van der Waals surface area contributed by atoms with Crippen LogP contribution in [0.2, 0.25) is 0 Å². The Kier molecular flexibility index (Phi) is 4.99. The highest BCUT2D eigenvalue weighted by molar-refractivity contribution is 5.22. The Morgan fingerprint density at radius 2 is 2.04 bits per heavy atom. The molecular weight excluding hydrogens is 298 g/mol. The van der Waals surface area contributed by atoms with E-state index in [-0.39, 0.29) is 5.41 Å². The van der Waals surface area contributed by atoms with Gasteiger partial charge < -0.3 is 4.98 Å². The van der Waals surface area contributed by atoms with Crippen LogP contribution in [0.25, 0.3) is 0 Å². The number of aromatic nitrogens is 4. The lowest BCUT2D eigenvalue weighted by Gasteiger charge is -2.28. The van der Waals surface area contributed by atoms with E-state index in [1.807, 2.05) is 12.4 Å². The van der Waals surface area contributed by atoms with Crippen LogP contribution in [0, 0.1) is 0 Å². The summed E-state index contributed by atoms with van der Waals surface area (Å²) in [7, 11) is 0. The summed E-state index contributed by atoms with van der Waals surface area (Å²) in [4.78, 5) is 19.8. The molecule has 0 saturated heterocycles. The largest absolute Gasteiger partial charge is 0.345 e. The van der Waals surface area contributed by atoms with E-state index in [0.717, 1.165) is 44.1 Å². The number of nitrogens with zero attached hydrogens (tertiary/aromatic N) is 4. The molecule has 5 nitrogen and oxygen atoms in total. The fourth-order valence-electron chi connectivity index (χ4n) is 3.07. The number of aromatic amines is 1. The van der Waals surface area contributed by atoms with Gasteiger partial charge in [0.25, 0.3) is 0 Å². The van der Waals surface area contributed by atoms with Gasteiger partial charge in [0.05, 0.1) is 0 Å². The summed E-state index contributed by atoms with van der Waals surface area (Å²) in [5.41, 5.74) is 3.70. The average molecular weight is 327 g/mol. The number of fused-ring (bicyclic) bond motifs is 1. The molecule has 0 amide bonds. The van der Waals surface area contributed by atoms with Crippen LogP contribution in [-0.4, -0.2) is 31.4 Å². The van der Waals surface area contributed by atoms with Crippen LogP contribution >= 0.6 is 0 Å². The number of hydrogen-bond donors (Lipinski definition) is 1. The molecule has 130 valence electrons. The number of hydrogen-bond acceptors (Lipinski definition) is 4. The molecule has 24 heavy (non-hydrogen) atoms. The van der Waals surface area contributed by atoms with Crippen molar-refractivity contribution in [3.8, 4) is 0 Å². The van der Waals surface area contributed by atoms with Crippen molar-refractivity contribution in [2.45, 2.75) is 71.9 Å². The Bertz CT molecular complexity index is 683. The summed E-state index contributed by atoms with van der Waals surface area (Å²) >= 11 is 0. The predicted molar refractivity (Wildman–Crippen MR) is 95.7 cm³/mol. The fourth-order valence-corrected chi connectivity index (χ4v) is 3.07. The van der Waals surface area contributed by atoms with Gasteiger partial charge in [-0.1, -0.05) is 34.1 Å². The summed E-state index contributed by atoms with van der Waals surface area (Å²) in [6, 6.07) is 0.